The number of pyridine rings is 1. The van der Waals surface area contributed by atoms with Crippen LogP contribution in [0.15, 0.2) is 48.8 Å². The Morgan fingerprint density at radius 2 is 1.83 bits per heavy atom. The van der Waals surface area contributed by atoms with Gasteiger partial charge in [-0.3, -0.25) is 29.2 Å². The topological polar surface area (TPSA) is 73.8 Å². The lowest BCUT2D eigenvalue weighted by Gasteiger charge is -2.37. The number of nitrogens with zero attached hydrogens (tertiary/aromatic N) is 4. The van der Waals surface area contributed by atoms with E-state index in [9.17, 15) is 18.8 Å². The molecule has 5 rings (SSSR count). The summed E-state index contributed by atoms with van der Waals surface area (Å²) < 4.78 is 14.2. The summed E-state index contributed by atoms with van der Waals surface area (Å²) in [5.74, 6) is -1.23. The van der Waals surface area contributed by atoms with Crippen molar-refractivity contribution in [1.29, 1.82) is 0 Å². The monoisotopic (exact) mass is 478 g/mol. The number of piperazine rings is 1. The zero-order valence-electron chi connectivity index (χ0n) is 19.9. The normalized spacial score (nSPS) is 23.9. The van der Waals surface area contributed by atoms with Gasteiger partial charge in [-0.15, -0.1) is 0 Å². The van der Waals surface area contributed by atoms with Gasteiger partial charge in [-0.1, -0.05) is 31.0 Å². The van der Waals surface area contributed by atoms with Gasteiger partial charge in [0.15, 0.2) is 0 Å². The summed E-state index contributed by atoms with van der Waals surface area (Å²) in [6, 6.07) is 9.67. The van der Waals surface area contributed by atoms with E-state index in [4.69, 9.17) is 0 Å². The van der Waals surface area contributed by atoms with Crippen molar-refractivity contribution in [2.24, 2.45) is 0 Å². The fraction of sp³-hybridized carbons (Fsp3) is 0.481. The Kier molecular flexibility index (Phi) is 6.65. The largest absolute Gasteiger partial charge is 0.340 e. The van der Waals surface area contributed by atoms with Gasteiger partial charge in [-0.05, 0) is 42.2 Å². The van der Waals surface area contributed by atoms with E-state index in [0.29, 0.717) is 31.7 Å². The summed E-state index contributed by atoms with van der Waals surface area (Å²) in [6.07, 6.45) is 6.95. The van der Waals surface area contributed by atoms with Gasteiger partial charge in [0.05, 0.1) is 5.41 Å². The number of imide groups is 1. The first-order valence-electron chi connectivity index (χ1n) is 12.5. The van der Waals surface area contributed by atoms with E-state index < -0.39 is 11.2 Å². The van der Waals surface area contributed by atoms with Crippen LogP contribution in [0.5, 0.6) is 0 Å². The zero-order valence-corrected chi connectivity index (χ0v) is 19.9. The number of rotatable bonds is 6. The SMILES string of the molecule is O=C(C[C@]1(c2cccc(F)c2)CC(=O)N(C2CCCC2)C1=O)N1CCN(Cc2cccnc2)CC1. The lowest BCUT2D eigenvalue weighted by molar-refractivity contribution is -0.145. The molecular formula is C27H31FN4O3. The smallest absolute Gasteiger partial charge is 0.241 e. The van der Waals surface area contributed by atoms with Gasteiger partial charge >= 0.3 is 0 Å². The maximum atomic E-state index is 14.2. The van der Waals surface area contributed by atoms with Crippen LogP contribution < -0.4 is 0 Å². The number of halogens is 1. The highest BCUT2D eigenvalue weighted by atomic mass is 19.1. The van der Waals surface area contributed by atoms with E-state index in [-0.39, 0.29) is 36.6 Å². The van der Waals surface area contributed by atoms with Crippen molar-refractivity contribution in [2.75, 3.05) is 26.2 Å². The summed E-state index contributed by atoms with van der Waals surface area (Å²) in [7, 11) is 0. The molecule has 0 unspecified atom stereocenters. The number of carbonyl (C=O) groups is 3. The maximum absolute atomic E-state index is 14.2. The highest BCUT2D eigenvalue weighted by molar-refractivity contribution is 6.11. The van der Waals surface area contributed by atoms with Crippen molar-refractivity contribution in [2.45, 2.75) is 56.5 Å². The van der Waals surface area contributed by atoms with Crippen molar-refractivity contribution in [3.05, 3.63) is 65.7 Å². The summed E-state index contributed by atoms with van der Waals surface area (Å²) >= 11 is 0. The van der Waals surface area contributed by atoms with Gasteiger partial charge < -0.3 is 4.90 Å². The number of hydrogen-bond donors (Lipinski definition) is 0. The van der Waals surface area contributed by atoms with Crippen LogP contribution in [0.3, 0.4) is 0 Å². The molecule has 0 bridgehead atoms. The average molecular weight is 479 g/mol. The molecule has 7 nitrogen and oxygen atoms in total. The minimum atomic E-state index is -1.34. The van der Waals surface area contributed by atoms with E-state index in [1.165, 1.54) is 17.0 Å². The first-order chi connectivity index (χ1) is 17.0. The van der Waals surface area contributed by atoms with Crippen LogP contribution in [0.25, 0.3) is 0 Å². The quantitative estimate of drug-likeness (QED) is 0.597. The second-order valence-electron chi connectivity index (χ2n) is 9.97. The minimum absolute atomic E-state index is 0.0848. The Morgan fingerprint density at radius 1 is 1.06 bits per heavy atom. The Bertz CT molecular complexity index is 1100. The molecule has 2 aliphatic heterocycles. The van der Waals surface area contributed by atoms with Crippen LogP contribution in [0, 0.1) is 5.82 Å². The van der Waals surface area contributed by atoms with Crippen LogP contribution in [-0.2, 0) is 26.3 Å². The van der Waals surface area contributed by atoms with E-state index in [2.05, 4.69) is 9.88 Å². The molecule has 3 aliphatic rings. The van der Waals surface area contributed by atoms with Crippen molar-refractivity contribution in [1.82, 2.24) is 19.7 Å². The fourth-order valence-electron chi connectivity index (χ4n) is 5.82. The molecule has 1 saturated carbocycles. The van der Waals surface area contributed by atoms with E-state index in [1.54, 1.807) is 23.2 Å². The van der Waals surface area contributed by atoms with Crippen molar-refractivity contribution in [3.8, 4) is 0 Å². The molecule has 0 N–H and O–H groups in total. The van der Waals surface area contributed by atoms with Crippen molar-refractivity contribution >= 4 is 17.7 Å². The molecule has 1 aromatic carbocycles. The number of benzene rings is 1. The average Bonchev–Trinajstić information content (AvgIpc) is 3.47. The second-order valence-corrected chi connectivity index (χ2v) is 9.97. The van der Waals surface area contributed by atoms with E-state index in [0.717, 1.165) is 37.8 Å². The highest BCUT2D eigenvalue weighted by Crippen LogP contribution is 2.43. The summed E-state index contributed by atoms with van der Waals surface area (Å²) in [5.41, 5.74) is 0.199. The van der Waals surface area contributed by atoms with Gasteiger partial charge in [0, 0.05) is 64.0 Å². The molecule has 0 radical (unpaired) electrons. The molecule has 35 heavy (non-hydrogen) atoms. The number of aromatic nitrogens is 1. The first-order valence-corrected chi connectivity index (χ1v) is 12.5. The third kappa shape index (κ3) is 4.72. The van der Waals surface area contributed by atoms with Crippen LogP contribution in [0.1, 0.15) is 49.7 Å². The molecule has 3 fully saturated rings. The van der Waals surface area contributed by atoms with E-state index >= 15 is 0 Å². The van der Waals surface area contributed by atoms with Gasteiger partial charge in [0.25, 0.3) is 0 Å². The highest BCUT2D eigenvalue weighted by Gasteiger charge is 2.56. The lowest BCUT2D eigenvalue weighted by atomic mass is 9.75. The molecule has 2 aromatic rings. The summed E-state index contributed by atoms with van der Waals surface area (Å²) in [6.45, 7) is 3.30. The number of likely N-dealkylation sites (tertiary alicyclic amines) is 1. The molecule has 184 valence electrons. The first kappa shape index (κ1) is 23.6. The van der Waals surface area contributed by atoms with Crippen molar-refractivity contribution in [3.63, 3.8) is 0 Å². The maximum Gasteiger partial charge on any atom is 0.241 e. The molecular weight excluding hydrogens is 447 g/mol. The molecule has 0 spiro atoms. The second kappa shape index (κ2) is 9.85. The van der Waals surface area contributed by atoms with Crippen LogP contribution in [0.4, 0.5) is 4.39 Å². The number of amides is 3. The van der Waals surface area contributed by atoms with Gasteiger partial charge in [-0.2, -0.15) is 0 Å². The third-order valence-corrected chi connectivity index (χ3v) is 7.72. The molecule has 1 aliphatic carbocycles. The Balaban J connectivity index is 1.33. The third-order valence-electron chi connectivity index (χ3n) is 7.72. The molecule has 3 amide bonds. The number of hydrogen-bond acceptors (Lipinski definition) is 5. The van der Waals surface area contributed by atoms with Crippen LogP contribution >= 0.6 is 0 Å². The van der Waals surface area contributed by atoms with Gasteiger partial charge in [-0.25, -0.2) is 4.39 Å². The standard InChI is InChI=1S/C27H31FN4O3/c28-22-7-3-6-21(15-22)27(17-25(34)32(26(27)35)23-8-1-2-9-23)16-24(33)31-13-11-30(12-14-31)19-20-5-4-10-29-18-20/h3-7,10,15,18,23H,1-2,8-9,11-14,16-17,19H2/t27-/m1/s1. The minimum Gasteiger partial charge on any atom is -0.340 e. The predicted octanol–water partition coefficient (Wildman–Crippen LogP) is 2.89. The Hall–Kier alpha value is -3.13. The molecule has 8 heteroatoms. The zero-order chi connectivity index (χ0) is 24.4. The fourth-order valence-corrected chi connectivity index (χ4v) is 5.82. The van der Waals surface area contributed by atoms with Gasteiger partial charge in [0.1, 0.15) is 5.82 Å². The molecule has 1 aromatic heterocycles. The lowest BCUT2D eigenvalue weighted by Crippen LogP contribution is -2.51. The molecule has 1 atom stereocenters. The summed E-state index contributed by atoms with van der Waals surface area (Å²) in [5, 5.41) is 0. The number of carbonyl (C=O) groups excluding carboxylic acids is 3. The van der Waals surface area contributed by atoms with Crippen LogP contribution in [0.2, 0.25) is 0 Å². The molecule has 2 saturated heterocycles. The van der Waals surface area contributed by atoms with Crippen molar-refractivity contribution < 1.29 is 18.8 Å². The van der Waals surface area contributed by atoms with Gasteiger partial charge in [0.2, 0.25) is 17.7 Å². The van der Waals surface area contributed by atoms with E-state index in [1.807, 2.05) is 18.3 Å². The summed E-state index contributed by atoms with van der Waals surface area (Å²) in [4.78, 5) is 50.0. The predicted molar refractivity (Wildman–Crippen MR) is 128 cm³/mol. The Morgan fingerprint density at radius 3 is 2.51 bits per heavy atom. The molecule has 3 heterocycles. The Labute approximate surface area is 204 Å². The van der Waals surface area contributed by atoms with Crippen LogP contribution in [-0.4, -0.2) is 69.6 Å².